The maximum Gasteiger partial charge on any atom is 0.416 e. The molecular weight excluding hydrogens is 253 g/mol. The highest BCUT2D eigenvalue weighted by molar-refractivity contribution is 5.25. The molecule has 0 spiro atoms. The highest BCUT2D eigenvalue weighted by Crippen LogP contribution is 2.29. The van der Waals surface area contributed by atoms with E-state index in [0.717, 1.165) is 38.5 Å². The smallest absolute Gasteiger partial charge is 0.317 e. The van der Waals surface area contributed by atoms with Gasteiger partial charge in [0.2, 0.25) is 0 Å². The fourth-order valence-corrected chi connectivity index (χ4v) is 1.73. The SMILES string of the molecule is CCCNCCCNCc1cccc(C(F)(F)F)c1. The quantitative estimate of drug-likeness (QED) is 0.711. The minimum Gasteiger partial charge on any atom is -0.317 e. The van der Waals surface area contributed by atoms with Gasteiger partial charge in [0.05, 0.1) is 5.56 Å². The van der Waals surface area contributed by atoms with Crippen LogP contribution in [-0.2, 0) is 12.7 Å². The molecular formula is C14H21F3N2. The third kappa shape index (κ3) is 6.59. The Morgan fingerprint density at radius 3 is 2.47 bits per heavy atom. The first-order valence-corrected chi connectivity index (χ1v) is 6.61. The van der Waals surface area contributed by atoms with Crippen molar-refractivity contribution < 1.29 is 13.2 Å². The van der Waals surface area contributed by atoms with Gasteiger partial charge in [0, 0.05) is 6.54 Å². The zero-order valence-corrected chi connectivity index (χ0v) is 11.2. The predicted molar refractivity (Wildman–Crippen MR) is 70.9 cm³/mol. The van der Waals surface area contributed by atoms with Crippen LogP contribution in [0, 0.1) is 0 Å². The van der Waals surface area contributed by atoms with Crippen molar-refractivity contribution in [1.29, 1.82) is 0 Å². The summed E-state index contributed by atoms with van der Waals surface area (Å²) in [6, 6.07) is 5.45. The lowest BCUT2D eigenvalue weighted by atomic mass is 10.1. The molecule has 19 heavy (non-hydrogen) atoms. The van der Waals surface area contributed by atoms with Crippen molar-refractivity contribution in [3.05, 3.63) is 35.4 Å². The Labute approximate surface area is 112 Å². The van der Waals surface area contributed by atoms with E-state index in [2.05, 4.69) is 17.6 Å². The van der Waals surface area contributed by atoms with Crippen molar-refractivity contribution in [3.63, 3.8) is 0 Å². The van der Waals surface area contributed by atoms with Crippen LogP contribution in [0.15, 0.2) is 24.3 Å². The number of hydrogen-bond acceptors (Lipinski definition) is 2. The van der Waals surface area contributed by atoms with Crippen LogP contribution in [0.25, 0.3) is 0 Å². The molecule has 0 unspecified atom stereocenters. The van der Waals surface area contributed by atoms with Crippen LogP contribution in [0.4, 0.5) is 13.2 Å². The maximum absolute atomic E-state index is 12.5. The number of nitrogens with one attached hydrogen (secondary N) is 2. The molecule has 0 aromatic heterocycles. The van der Waals surface area contributed by atoms with Crippen molar-refractivity contribution in [1.82, 2.24) is 10.6 Å². The fourth-order valence-electron chi connectivity index (χ4n) is 1.73. The highest BCUT2D eigenvalue weighted by atomic mass is 19.4. The van der Waals surface area contributed by atoms with E-state index in [0.29, 0.717) is 12.1 Å². The molecule has 1 aromatic rings. The second-order valence-electron chi connectivity index (χ2n) is 4.48. The summed E-state index contributed by atoms with van der Waals surface area (Å²) in [5, 5.41) is 6.42. The third-order valence-corrected chi connectivity index (χ3v) is 2.72. The lowest BCUT2D eigenvalue weighted by Gasteiger charge is -2.09. The summed E-state index contributed by atoms with van der Waals surface area (Å²) in [7, 11) is 0. The first kappa shape index (κ1) is 16.0. The molecule has 0 aliphatic carbocycles. The second kappa shape index (κ2) is 8.17. The first-order valence-electron chi connectivity index (χ1n) is 6.61. The van der Waals surface area contributed by atoms with Crippen LogP contribution in [0.2, 0.25) is 0 Å². The lowest BCUT2D eigenvalue weighted by molar-refractivity contribution is -0.137. The van der Waals surface area contributed by atoms with E-state index in [9.17, 15) is 13.2 Å². The molecule has 0 fully saturated rings. The zero-order chi connectivity index (χ0) is 14.1. The fraction of sp³-hybridized carbons (Fsp3) is 0.571. The van der Waals surface area contributed by atoms with Gasteiger partial charge >= 0.3 is 6.18 Å². The molecule has 0 radical (unpaired) electrons. The highest BCUT2D eigenvalue weighted by Gasteiger charge is 2.30. The Bertz CT molecular complexity index is 364. The van der Waals surface area contributed by atoms with Crippen LogP contribution < -0.4 is 10.6 Å². The predicted octanol–water partition coefficient (Wildman–Crippen LogP) is 3.18. The van der Waals surface area contributed by atoms with E-state index in [1.54, 1.807) is 6.07 Å². The maximum atomic E-state index is 12.5. The molecule has 0 saturated heterocycles. The average molecular weight is 274 g/mol. The first-order chi connectivity index (χ1) is 9.04. The van der Waals surface area contributed by atoms with E-state index < -0.39 is 11.7 Å². The minimum absolute atomic E-state index is 0.470. The molecule has 0 aliphatic rings. The topological polar surface area (TPSA) is 24.1 Å². The van der Waals surface area contributed by atoms with Crippen LogP contribution in [-0.4, -0.2) is 19.6 Å². The second-order valence-corrected chi connectivity index (χ2v) is 4.48. The van der Waals surface area contributed by atoms with E-state index >= 15 is 0 Å². The van der Waals surface area contributed by atoms with Crippen molar-refractivity contribution >= 4 is 0 Å². The summed E-state index contributed by atoms with van der Waals surface area (Å²) in [6.45, 7) is 5.32. The number of halogens is 3. The molecule has 2 nitrogen and oxygen atoms in total. The van der Waals surface area contributed by atoms with Gasteiger partial charge in [-0.3, -0.25) is 0 Å². The standard InChI is InChI=1S/C14H21F3N2/c1-2-7-18-8-4-9-19-11-12-5-3-6-13(10-12)14(15,16)17/h3,5-6,10,18-19H,2,4,7-9,11H2,1H3. The normalized spacial score (nSPS) is 11.8. The molecule has 1 rings (SSSR count). The van der Waals surface area contributed by atoms with Gasteiger partial charge in [0.15, 0.2) is 0 Å². The number of hydrogen-bond donors (Lipinski definition) is 2. The lowest BCUT2D eigenvalue weighted by Crippen LogP contribution is -2.22. The summed E-state index contributed by atoms with van der Waals surface area (Å²) in [4.78, 5) is 0. The third-order valence-electron chi connectivity index (χ3n) is 2.72. The Hall–Kier alpha value is -1.07. The van der Waals surface area contributed by atoms with Crippen LogP contribution in [0.3, 0.4) is 0 Å². The Morgan fingerprint density at radius 1 is 1.05 bits per heavy atom. The summed E-state index contributed by atoms with van der Waals surface area (Å²) in [5.41, 5.74) is 0.0766. The molecule has 0 amide bonds. The monoisotopic (exact) mass is 274 g/mol. The number of alkyl halides is 3. The molecule has 0 heterocycles. The number of benzene rings is 1. The van der Waals surface area contributed by atoms with Crippen molar-refractivity contribution in [2.75, 3.05) is 19.6 Å². The summed E-state index contributed by atoms with van der Waals surface area (Å²) >= 11 is 0. The van der Waals surface area contributed by atoms with Gasteiger partial charge in [-0.05, 0) is 44.1 Å². The molecule has 108 valence electrons. The number of rotatable bonds is 8. The van der Waals surface area contributed by atoms with E-state index in [-0.39, 0.29) is 0 Å². The van der Waals surface area contributed by atoms with E-state index in [1.165, 1.54) is 12.1 Å². The van der Waals surface area contributed by atoms with Crippen LogP contribution >= 0.6 is 0 Å². The van der Waals surface area contributed by atoms with Gasteiger partial charge in [-0.25, -0.2) is 0 Å². The molecule has 0 atom stereocenters. The molecule has 2 N–H and O–H groups in total. The zero-order valence-electron chi connectivity index (χ0n) is 11.2. The van der Waals surface area contributed by atoms with Gasteiger partial charge in [0.25, 0.3) is 0 Å². The molecule has 5 heteroatoms. The Morgan fingerprint density at radius 2 is 1.79 bits per heavy atom. The molecule has 0 bridgehead atoms. The van der Waals surface area contributed by atoms with Gasteiger partial charge in [0.1, 0.15) is 0 Å². The summed E-state index contributed by atoms with van der Waals surface area (Å²) in [6.07, 6.45) is -2.18. The van der Waals surface area contributed by atoms with Gasteiger partial charge in [-0.1, -0.05) is 25.1 Å². The summed E-state index contributed by atoms with van der Waals surface area (Å²) < 4.78 is 37.5. The molecule has 0 saturated carbocycles. The van der Waals surface area contributed by atoms with Gasteiger partial charge in [-0.2, -0.15) is 13.2 Å². The van der Waals surface area contributed by atoms with Gasteiger partial charge < -0.3 is 10.6 Å². The Kier molecular flexibility index (Phi) is 6.87. The molecule has 1 aromatic carbocycles. The minimum atomic E-state index is -4.26. The van der Waals surface area contributed by atoms with Crippen LogP contribution in [0.1, 0.15) is 30.9 Å². The Balaban J connectivity index is 2.26. The summed E-state index contributed by atoms with van der Waals surface area (Å²) in [5.74, 6) is 0. The van der Waals surface area contributed by atoms with Crippen molar-refractivity contribution in [2.45, 2.75) is 32.5 Å². The van der Waals surface area contributed by atoms with E-state index in [4.69, 9.17) is 0 Å². The average Bonchev–Trinajstić information content (AvgIpc) is 2.37. The van der Waals surface area contributed by atoms with E-state index in [1.807, 2.05) is 0 Å². The largest absolute Gasteiger partial charge is 0.416 e. The van der Waals surface area contributed by atoms with Gasteiger partial charge in [-0.15, -0.1) is 0 Å². The van der Waals surface area contributed by atoms with Crippen LogP contribution in [0.5, 0.6) is 0 Å². The molecule has 0 aliphatic heterocycles. The van der Waals surface area contributed by atoms with Crippen molar-refractivity contribution in [3.8, 4) is 0 Å². The van der Waals surface area contributed by atoms with Crippen molar-refractivity contribution in [2.24, 2.45) is 0 Å².